The van der Waals surface area contributed by atoms with E-state index < -0.39 is 0 Å². The highest BCUT2D eigenvalue weighted by atomic mass is 127. The SMILES string of the molecule is CC(C)(C)c1cc(O)c(I)cc1I. The van der Waals surface area contributed by atoms with Crippen LogP contribution in [0.4, 0.5) is 0 Å². The molecule has 0 radical (unpaired) electrons. The molecule has 0 fully saturated rings. The van der Waals surface area contributed by atoms with Gasteiger partial charge in [0.25, 0.3) is 0 Å². The molecule has 1 aromatic carbocycles. The molecule has 0 amide bonds. The molecule has 1 nitrogen and oxygen atoms in total. The average Bonchev–Trinajstić information content (AvgIpc) is 1.94. The third-order valence-electron chi connectivity index (χ3n) is 1.84. The molecule has 0 saturated heterocycles. The lowest BCUT2D eigenvalue weighted by Crippen LogP contribution is -2.13. The van der Waals surface area contributed by atoms with Crippen LogP contribution >= 0.6 is 45.2 Å². The molecule has 1 rings (SSSR count). The van der Waals surface area contributed by atoms with Crippen molar-refractivity contribution in [2.75, 3.05) is 0 Å². The Balaban J connectivity index is 3.32. The van der Waals surface area contributed by atoms with Gasteiger partial charge in [0.2, 0.25) is 0 Å². The van der Waals surface area contributed by atoms with E-state index in [1.165, 1.54) is 9.13 Å². The van der Waals surface area contributed by atoms with Crippen molar-refractivity contribution in [3.63, 3.8) is 0 Å². The minimum absolute atomic E-state index is 0.0956. The Hall–Kier alpha value is 0.480. The Morgan fingerprint density at radius 1 is 1.08 bits per heavy atom. The van der Waals surface area contributed by atoms with E-state index in [-0.39, 0.29) is 5.41 Å². The quantitative estimate of drug-likeness (QED) is 0.653. The van der Waals surface area contributed by atoms with Gasteiger partial charge in [-0.2, -0.15) is 0 Å². The molecule has 13 heavy (non-hydrogen) atoms. The van der Waals surface area contributed by atoms with Crippen molar-refractivity contribution in [3.05, 3.63) is 24.8 Å². The summed E-state index contributed by atoms with van der Waals surface area (Å²) in [6.07, 6.45) is 0. The Labute approximate surface area is 106 Å². The molecule has 0 aliphatic heterocycles. The van der Waals surface area contributed by atoms with Gasteiger partial charge in [0.15, 0.2) is 0 Å². The molecule has 0 unspecified atom stereocenters. The minimum atomic E-state index is 0.0956. The first-order valence-electron chi connectivity index (χ1n) is 4.01. The molecule has 0 bridgehead atoms. The van der Waals surface area contributed by atoms with Crippen molar-refractivity contribution in [3.8, 4) is 5.75 Å². The summed E-state index contributed by atoms with van der Waals surface area (Å²) in [6, 6.07) is 3.88. The van der Waals surface area contributed by atoms with E-state index >= 15 is 0 Å². The maximum Gasteiger partial charge on any atom is 0.129 e. The molecule has 1 N–H and O–H groups in total. The molecule has 0 aromatic heterocycles. The Morgan fingerprint density at radius 2 is 1.62 bits per heavy atom. The topological polar surface area (TPSA) is 20.2 Å². The third kappa shape index (κ3) is 2.71. The standard InChI is InChI=1S/C10H12I2O/c1-10(2,3)6-4-9(13)8(12)5-7(6)11/h4-5,13H,1-3H3. The van der Waals surface area contributed by atoms with E-state index in [0.717, 1.165) is 3.57 Å². The van der Waals surface area contributed by atoms with Crippen molar-refractivity contribution in [1.82, 2.24) is 0 Å². The number of benzene rings is 1. The first-order chi connectivity index (χ1) is 5.82. The summed E-state index contributed by atoms with van der Waals surface area (Å²) in [5, 5.41) is 9.58. The Kier molecular flexibility index (Phi) is 3.49. The Bertz CT molecular complexity index is 326. The molecule has 0 aliphatic rings. The van der Waals surface area contributed by atoms with Gasteiger partial charge in [-0.3, -0.25) is 0 Å². The molecule has 3 heteroatoms. The van der Waals surface area contributed by atoms with E-state index in [0.29, 0.717) is 5.75 Å². The number of hydrogen-bond acceptors (Lipinski definition) is 1. The number of phenolic OH excluding ortho intramolecular Hbond substituents is 1. The van der Waals surface area contributed by atoms with Gasteiger partial charge < -0.3 is 5.11 Å². The summed E-state index contributed by atoms with van der Waals surface area (Å²) >= 11 is 4.45. The lowest BCUT2D eigenvalue weighted by Gasteiger charge is -2.21. The summed E-state index contributed by atoms with van der Waals surface area (Å²) in [6.45, 7) is 6.45. The van der Waals surface area contributed by atoms with Crippen LogP contribution in [0, 0.1) is 7.14 Å². The molecular formula is C10H12I2O. The molecule has 0 heterocycles. The second kappa shape index (κ2) is 3.92. The molecular weight excluding hydrogens is 390 g/mol. The van der Waals surface area contributed by atoms with Crippen LogP contribution < -0.4 is 0 Å². The molecule has 0 saturated carbocycles. The molecule has 72 valence electrons. The lowest BCUT2D eigenvalue weighted by molar-refractivity contribution is 0.466. The molecule has 0 spiro atoms. The van der Waals surface area contributed by atoms with E-state index in [2.05, 4.69) is 66.0 Å². The van der Waals surface area contributed by atoms with Crippen molar-refractivity contribution < 1.29 is 5.11 Å². The fourth-order valence-corrected chi connectivity index (χ4v) is 3.45. The number of phenols is 1. The maximum atomic E-state index is 9.58. The van der Waals surface area contributed by atoms with Crippen LogP contribution in [-0.2, 0) is 5.41 Å². The fraction of sp³-hybridized carbons (Fsp3) is 0.400. The zero-order valence-electron chi connectivity index (χ0n) is 7.86. The predicted molar refractivity (Wildman–Crippen MR) is 72.2 cm³/mol. The highest BCUT2D eigenvalue weighted by Gasteiger charge is 2.18. The maximum absolute atomic E-state index is 9.58. The van der Waals surface area contributed by atoms with Gasteiger partial charge in [-0.25, -0.2) is 0 Å². The van der Waals surface area contributed by atoms with Crippen LogP contribution in [0.15, 0.2) is 12.1 Å². The summed E-state index contributed by atoms with van der Waals surface area (Å²) in [5.74, 6) is 0.381. The van der Waals surface area contributed by atoms with Crippen LogP contribution in [0.1, 0.15) is 26.3 Å². The number of rotatable bonds is 0. The van der Waals surface area contributed by atoms with Crippen LogP contribution in [0.5, 0.6) is 5.75 Å². The minimum Gasteiger partial charge on any atom is -0.507 e. The number of halogens is 2. The average molecular weight is 402 g/mol. The molecule has 0 aliphatic carbocycles. The number of hydrogen-bond donors (Lipinski definition) is 1. The summed E-state index contributed by atoms with van der Waals surface area (Å²) < 4.78 is 2.13. The van der Waals surface area contributed by atoms with Crippen LogP contribution in [0.3, 0.4) is 0 Å². The highest BCUT2D eigenvalue weighted by Crippen LogP contribution is 2.32. The van der Waals surface area contributed by atoms with Crippen molar-refractivity contribution in [1.29, 1.82) is 0 Å². The van der Waals surface area contributed by atoms with Gasteiger partial charge >= 0.3 is 0 Å². The lowest BCUT2D eigenvalue weighted by atomic mass is 9.87. The predicted octanol–water partition coefficient (Wildman–Crippen LogP) is 3.90. The summed E-state index contributed by atoms with van der Waals surface area (Å²) in [5.41, 5.74) is 1.30. The largest absolute Gasteiger partial charge is 0.507 e. The zero-order chi connectivity index (χ0) is 10.2. The smallest absolute Gasteiger partial charge is 0.129 e. The van der Waals surface area contributed by atoms with Gasteiger partial charge in [-0.15, -0.1) is 0 Å². The molecule has 0 atom stereocenters. The Morgan fingerprint density at radius 3 is 2.08 bits per heavy atom. The second-order valence-electron chi connectivity index (χ2n) is 4.03. The first-order valence-corrected chi connectivity index (χ1v) is 6.16. The monoisotopic (exact) mass is 402 g/mol. The first kappa shape index (κ1) is 11.6. The second-order valence-corrected chi connectivity index (χ2v) is 6.36. The van der Waals surface area contributed by atoms with E-state index in [1.54, 1.807) is 0 Å². The summed E-state index contributed by atoms with van der Waals surface area (Å²) in [4.78, 5) is 0. The third-order valence-corrected chi connectivity index (χ3v) is 3.60. The van der Waals surface area contributed by atoms with Gasteiger partial charge in [0.05, 0.1) is 3.57 Å². The van der Waals surface area contributed by atoms with Crippen molar-refractivity contribution >= 4 is 45.2 Å². The normalized spacial score (nSPS) is 11.8. The van der Waals surface area contributed by atoms with Crippen LogP contribution in [0.2, 0.25) is 0 Å². The highest BCUT2D eigenvalue weighted by molar-refractivity contribution is 14.1. The summed E-state index contributed by atoms with van der Waals surface area (Å²) in [7, 11) is 0. The van der Waals surface area contributed by atoms with E-state index in [9.17, 15) is 5.11 Å². The molecule has 1 aromatic rings. The zero-order valence-corrected chi connectivity index (χ0v) is 12.2. The number of aromatic hydroxyl groups is 1. The van der Waals surface area contributed by atoms with Gasteiger partial charge in [-0.05, 0) is 68.3 Å². The van der Waals surface area contributed by atoms with Crippen LogP contribution in [-0.4, -0.2) is 5.11 Å². The van der Waals surface area contributed by atoms with Gasteiger partial charge in [-0.1, -0.05) is 20.8 Å². The fourth-order valence-electron chi connectivity index (χ4n) is 1.11. The van der Waals surface area contributed by atoms with Gasteiger partial charge in [0.1, 0.15) is 5.75 Å². The van der Waals surface area contributed by atoms with Crippen molar-refractivity contribution in [2.45, 2.75) is 26.2 Å². The van der Waals surface area contributed by atoms with Gasteiger partial charge in [0, 0.05) is 3.57 Å². The van der Waals surface area contributed by atoms with Crippen molar-refractivity contribution in [2.24, 2.45) is 0 Å². The van der Waals surface area contributed by atoms with Crippen LogP contribution in [0.25, 0.3) is 0 Å². The van der Waals surface area contributed by atoms with E-state index in [1.807, 2.05) is 12.1 Å². The van der Waals surface area contributed by atoms with E-state index in [4.69, 9.17) is 0 Å².